The highest BCUT2D eigenvalue weighted by Crippen LogP contribution is 2.24. The van der Waals surface area contributed by atoms with E-state index in [1.54, 1.807) is 18.2 Å². The first-order chi connectivity index (χ1) is 6.50. The van der Waals surface area contributed by atoms with Crippen LogP contribution in [0.25, 0.3) is 0 Å². The number of halogens is 2. The van der Waals surface area contributed by atoms with Crippen LogP contribution in [-0.4, -0.2) is 5.78 Å². The molecule has 3 heteroatoms. The van der Waals surface area contributed by atoms with E-state index < -0.39 is 0 Å². The van der Waals surface area contributed by atoms with Crippen LogP contribution in [0.15, 0.2) is 22.7 Å². The van der Waals surface area contributed by atoms with Gasteiger partial charge in [-0.05, 0) is 34.0 Å². The van der Waals surface area contributed by atoms with Crippen molar-refractivity contribution in [3.63, 3.8) is 0 Å². The third-order valence-corrected chi connectivity index (χ3v) is 3.07. The van der Waals surface area contributed by atoms with Crippen molar-refractivity contribution in [3.05, 3.63) is 33.3 Å². The minimum Gasteiger partial charge on any atom is -0.294 e. The topological polar surface area (TPSA) is 17.1 Å². The molecule has 0 fully saturated rings. The van der Waals surface area contributed by atoms with Crippen molar-refractivity contribution in [1.29, 1.82) is 0 Å². The first-order valence-electron chi connectivity index (χ1n) is 4.49. The molecule has 14 heavy (non-hydrogen) atoms. The van der Waals surface area contributed by atoms with E-state index >= 15 is 0 Å². The Labute approximate surface area is 97.6 Å². The maximum absolute atomic E-state index is 11.6. The molecule has 0 unspecified atom stereocenters. The fourth-order valence-electron chi connectivity index (χ4n) is 1.16. The summed E-state index contributed by atoms with van der Waals surface area (Å²) < 4.78 is 0.820. The van der Waals surface area contributed by atoms with Gasteiger partial charge in [0, 0.05) is 16.5 Å². The molecule has 0 saturated heterocycles. The Morgan fingerprint density at radius 1 is 1.50 bits per heavy atom. The van der Waals surface area contributed by atoms with Crippen molar-refractivity contribution in [2.24, 2.45) is 5.92 Å². The Morgan fingerprint density at radius 2 is 2.14 bits per heavy atom. The monoisotopic (exact) mass is 274 g/mol. The number of carbonyl (C=O) groups is 1. The van der Waals surface area contributed by atoms with Crippen LogP contribution >= 0.6 is 27.5 Å². The highest BCUT2D eigenvalue weighted by atomic mass is 79.9. The van der Waals surface area contributed by atoms with Crippen molar-refractivity contribution in [2.75, 3.05) is 0 Å². The van der Waals surface area contributed by atoms with Crippen LogP contribution in [0.5, 0.6) is 0 Å². The molecule has 0 spiro atoms. The smallest absolute Gasteiger partial charge is 0.163 e. The molecule has 1 rings (SSSR count). The summed E-state index contributed by atoms with van der Waals surface area (Å²) >= 11 is 9.18. The summed E-state index contributed by atoms with van der Waals surface area (Å²) in [5.74, 6) is 0.527. The average molecular weight is 276 g/mol. The second-order valence-electron chi connectivity index (χ2n) is 3.65. The van der Waals surface area contributed by atoms with Crippen LogP contribution in [0.2, 0.25) is 5.02 Å². The molecule has 0 heterocycles. The molecule has 0 aromatic heterocycles. The predicted octanol–water partition coefficient (Wildman–Crippen LogP) is 4.33. The zero-order valence-electron chi connectivity index (χ0n) is 8.18. The quantitative estimate of drug-likeness (QED) is 0.750. The van der Waals surface area contributed by atoms with E-state index in [1.165, 1.54) is 0 Å². The molecule has 0 radical (unpaired) electrons. The summed E-state index contributed by atoms with van der Waals surface area (Å²) in [6, 6.07) is 5.30. The largest absolute Gasteiger partial charge is 0.294 e. The summed E-state index contributed by atoms with van der Waals surface area (Å²) in [4.78, 5) is 11.6. The molecule has 76 valence electrons. The summed E-state index contributed by atoms with van der Waals surface area (Å²) in [5, 5.41) is 0.583. The molecule has 1 aromatic rings. The predicted molar refractivity (Wildman–Crippen MR) is 62.9 cm³/mol. The number of carbonyl (C=O) groups excluding carboxylic acids is 1. The van der Waals surface area contributed by atoms with Crippen LogP contribution in [-0.2, 0) is 0 Å². The van der Waals surface area contributed by atoms with Crippen molar-refractivity contribution >= 4 is 33.3 Å². The van der Waals surface area contributed by atoms with Gasteiger partial charge in [-0.25, -0.2) is 0 Å². The van der Waals surface area contributed by atoms with Crippen molar-refractivity contribution in [2.45, 2.75) is 20.3 Å². The highest BCUT2D eigenvalue weighted by Gasteiger charge is 2.09. The zero-order valence-corrected chi connectivity index (χ0v) is 10.5. The number of hydrogen-bond donors (Lipinski definition) is 0. The lowest BCUT2D eigenvalue weighted by molar-refractivity contribution is 0.0968. The van der Waals surface area contributed by atoms with Gasteiger partial charge in [-0.1, -0.05) is 31.5 Å². The summed E-state index contributed by atoms with van der Waals surface area (Å²) in [5.41, 5.74) is 0.687. The van der Waals surface area contributed by atoms with Crippen molar-refractivity contribution < 1.29 is 4.79 Å². The number of benzene rings is 1. The van der Waals surface area contributed by atoms with Gasteiger partial charge in [0.2, 0.25) is 0 Å². The normalized spacial score (nSPS) is 10.6. The highest BCUT2D eigenvalue weighted by molar-refractivity contribution is 9.10. The second kappa shape index (κ2) is 4.94. The summed E-state index contributed by atoms with van der Waals surface area (Å²) in [6.07, 6.45) is 0.567. The van der Waals surface area contributed by atoms with Gasteiger partial charge in [0.05, 0.1) is 5.02 Å². The van der Waals surface area contributed by atoms with Gasteiger partial charge in [-0.2, -0.15) is 0 Å². The van der Waals surface area contributed by atoms with E-state index in [4.69, 9.17) is 11.6 Å². The maximum Gasteiger partial charge on any atom is 0.163 e. The summed E-state index contributed by atoms with van der Waals surface area (Å²) in [6.45, 7) is 4.05. The number of ketones is 1. The molecule has 0 amide bonds. The lowest BCUT2D eigenvalue weighted by atomic mass is 10.0. The summed E-state index contributed by atoms with van der Waals surface area (Å²) in [7, 11) is 0. The van der Waals surface area contributed by atoms with Crippen molar-refractivity contribution in [1.82, 2.24) is 0 Å². The Hall–Kier alpha value is -0.340. The van der Waals surface area contributed by atoms with E-state index in [1.807, 2.05) is 13.8 Å². The lowest BCUT2D eigenvalue weighted by Gasteiger charge is -2.04. The van der Waals surface area contributed by atoms with E-state index in [2.05, 4.69) is 15.9 Å². The number of hydrogen-bond acceptors (Lipinski definition) is 1. The van der Waals surface area contributed by atoms with E-state index in [9.17, 15) is 4.79 Å². The maximum atomic E-state index is 11.6. The first-order valence-corrected chi connectivity index (χ1v) is 5.66. The fourth-order valence-corrected chi connectivity index (χ4v) is 1.59. The Morgan fingerprint density at radius 3 is 2.64 bits per heavy atom. The molecule has 0 N–H and O–H groups in total. The Kier molecular flexibility index (Phi) is 4.14. The first kappa shape index (κ1) is 11.7. The molecule has 0 saturated carbocycles. The minimum atomic E-state index is 0.148. The number of Topliss-reactive ketones (excluding diaryl/α,β-unsaturated/α-hetero) is 1. The lowest BCUT2D eigenvalue weighted by Crippen LogP contribution is -2.03. The third-order valence-electron chi connectivity index (χ3n) is 1.84. The van der Waals surface area contributed by atoms with Crippen LogP contribution in [0, 0.1) is 5.92 Å². The molecule has 0 bridgehead atoms. The molecular formula is C11H12BrClO. The van der Waals surface area contributed by atoms with Gasteiger partial charge >= 0.3 is 0 Å². The van der Waals surface area contributed by atoms with Gasteiger partial charge in [-0.3, -0.25) is 4.79 Å². The van der Waals surface area contributed by atoms with Crippen LogP contribution in [0.1, 0.15) is 30.6 Å². The fraction of sp³-hybridized carbons (Fsp3) is 0.364. The molecule has 0 aliphatic rings. The van der Waals surface area contributed by atoms with E-state index in [-0.39, 0.29) is 5.78 Å². The second-order valence-corrected chi connectivity index (χ2v) is 4.91. The third kappa shape index (κ3) is 3.10. The average Bonchev–Trinajstić information content (AvgIpc) is 2.08. The van der Waals surface area contributed by atoms with Gasteiger partial charge in [0.15, 0.2) is 5.78 Å². The molecular weight excluding hydrogens is 263 g/mol. The molecule has 0 atom stereocenters. The van der Waals surface area contributed by atoms with Gasteiger partial charge in [0.25, 0.3) is 0 Å². The van der Waals surface area contributed by atoms with E-state index in [0.29, 0.717) is 22.9 Å². The van der Waals surface area contributed by atoms with E-state index in [0.717, 1.165) is 4.47 Å². The standard InChI is InChI=1S/C11H12BrClO/c1-7(2)5-11(14)8-3-4-9(12)10(13)6-8/h3-4,6-7H,5H2,1-2H3. The van der Waals surface area contributed by atoms with Gasteiger partial charge < -0.3 is 0 Å². The minimum absolute atomic E-state index is 0.148. The van der Waals surface area contributed by atoms with Crippen molar-refractivity contribution in [3.8, 4) is 0 Å². The zero-order chi connectivity index (χ0) is 10.7. The van der Waals surface area contributed by atoms with Gasteiger partial charge in [0.1, 0.15) is 0 Å². The SMILES string of the molecule is CC(C)CC(=O)c1ccc(Br)c(Cl)c1. The molecule has 1 aromatic carbocycles. The number of rotatable bonds is 3. The van der Waals surface area contributed by atoms with Crippen LogP contribution < -0.4 is 0 Å². The van der Waals surface area contributed by atoms with Crippen LogP contribution in [0.3, 0.4) is 0 Å². The van der Waals surface area contributed by atoms with Gasteiger partial charge in [-0.15, -0.1) is 0 Å². The molecule has 0 aliphatic heterocycles. The molecule has 1 nitrogen and oxygen atoms in total. The molecule has 0 aliphatic carbocycles. The Balaban J connectivity index is 2.86. The van der Waals surface area contributed by atoms with Crippen LogP contribution in [0.4, 0.5) is 0 Å². The Bertz CT molecular complexity index is 347.